The number of ether oxygens (including phenoxy) is 1. The van der Waals surface area contributed by atoms with Crippen LogP contribution in [0.4, 0.5) is 0 Å². The number of benzene rings is 1. The Morgan fingerprint density at radius 3 is 2.88 bits per heavy atom. The number of nitrogens with one attached hydrogen (secondary N) is 1. The van der Waals surface area contributed by atoms with Gasteiger partial charge in [-0.3, -0.25) is 4.79 Å². The van der Waals surface area contributed by atoms with E-state index in [1.54, 1.807) is 0 Å². The van der Waals surface area contributed by atoms with Crippen LogP contribution in [0.1, 0.15) is 49.3 Å². The first-order chi connectivity index (χ1) is 12.2. The van der Waals surface area contributed by atoms with Crippen LogP contribution in [-0.4, -0.2) is 48.3 Å². The lowest BCUT2D eigenvalue weighted by Gasteiger charge is -2.38. The molecule has 0 bridgehead atoms. The van der Waals surface area contributed by atoms with Crippen LogP contribution in [0.15, 0.2) is 18.2 Å². The van der Waals surface area contributed by atoms with Crippen molar-refractivity contribution in [2.45, 2.75) is 50.7 Å². The van der Waals surface area contributed by atoms with Crippen molar-refractivity contribution in [2.75, 3.05) is 26.2 Å². The van der Waals surface area contributed by atoms with E-state index in [-0.39, 0.29) is 18.1 Å². The SMILES string of the molecule is O=C(CCN1CCCC1)N[C@@H](c1ccc2c(c1)CCO2)C1CC(O)C1. The summed E-state index contributed by atoms with van der Waals surface area (Å²) in [4.78, 5) is 14.9. The van der Waals surface area contributed by atoms with Crippen molar-refractivity contribution in [2.24, 2.45) is 5.92 Å². The fourth-order valence-electron chi connectivity index (χ4n) is 4.29. The molecule has 2 N–H and O–H groups in total. The van der Waals surface area contributed by atoms with Gasteiger partial charge in [0, 0.05) is 19.4 Å². The van der Waals surface area contributed by atoms with Gasteiger partial charge in [0.15, 0.2) is 0 Å². The predicted octanol–water partition coefficient (Wildman–Crippen LogP) is 2.04. The van der Waals surface area contributed by atoms with Crippen molar-refractivity contribution in [1.29, 1.82) is 0 Å². The van der Waals surface area contributed by atoms with Crippen molar-refractivity contribution in [3.8, 4) is 5.75 Å². The first-order valence-electron chi connectivity index (χ1n) is 9.64. The zero-order chi connectivity index (χ0) is 17.2. The van der Waals surface area contributed by atoms with Gasteiger partial charge in [0.05, 0.1) is 18.8 Å². The molecule has 4 rings (SSSR count). The molecule has 25 heavy (non-hydrogen) atoms. The summed E-state index contributed by atoms with van der Waals surface area (Å²) in [6, 6.07) is 6.27. The summed E-state index contributed by atoms with van der Waals surface area (Å²) in [5, 5.41) is 13.0. The van der Waals surface area contributed by atoms with E-state index < -0.39 is 0 Å². The minimum absolute atomic E-state index is 0.000350. The number of aliphatic hydroxyl groups is 1. The molecule has 5 heteroatoms. The fourth-order valence-corrected chi connectivity index (χ4v) is 4.29. The van der Waals surface area contributed by atoms with Gasteiger partial charge < -0.3 is 20.1 Å². The van der Waals surface area contributed by atoms with E-state index >= 15 is 0 Å². The highest BCUT2D eigenvalue weighted by molar-refractivity contribution is 5.76. The molecule has 0 radical (unpaired) electrons. The predicted molar refractivity (Wildman–Crippen MR) is 95.5 cm³/mol. The summed E-state index contributed by atoms with van der Waals surface area (Å²) in [6.07, 6.45) is 5.32. The van der Waals surface area contributed by atoms with Crippen molar-refractivity contribution in [3.05, 3.63) is 29.3 Å². The Balaban J connectivity index is 1.42. The van der Waals surface area contributed by atoms with Crippen LogP contribution in [-0.2, 0) is 11.2 Å². The molecular weight excluding hydrogens is 316 g/mol. The van der Waals surface area contributed by atoms with Crippen molar-refractivity contribution in [3.63, 3.8) is 0 Å². The van der Waals surface area contributed by atoms with Gasteiger partial charge in [0.1, 0.15) is 5.75 Å². The molecule has 1 aromatic rings. The number of hydrogen-bond acceptors (Lipinski definition) is 4. The molecule has 2 fully saturated rings. The van der Waals surface area contributed by atoms with Crippen LogP contribution in [0, 0.1) is 5.92 Å². The molecule has 0 spiro atoms. The number of aliphatic hydroxyl groups excluding tert-OH is 1. The smallest absolute Gasteiger partial charge is 0.221 e. The number of fused-ring (bicyclic) bond motifs is 1. The Kier molecular flexibility index (Phi) is 4.95. The molecule has 1 aromatic carbocycles. The molecule has 1 aliphatic carbocycles. The Bertz CT molecular complexity index is 621. The standard InChI is InChI=1S/C20H28N2O3/c23-17-12-16(13-17)20(15-3-4-18-14(11-15)6-10-25-18)21-19(24)5-9-22-7-1-2-8-22/h3-4,11,16-17,20,23H,1-2,5-10,12-13H2,(H,21,24)/t16?,17?,20-/m0/s1. The third-order valence-corrected chi connectivity index (χ3v) is 5.86. The van der Waals surface area contributed by atoms with E-state index in [2.05, 4.69) is 22.3 Å². The number of carbonyl (C=O) groups is 1. The molecule has 1 saturated heterocycles. The topological polar surface area (TPSA) is 61.8 Å². The quantitative estimate of drug-likeness (QED) is 0.829. The van der Waals surface area contributed by atoms with Gasteiger partial charge in [-0.25, -0.2) is 0 Å². The number of rotatable bonds is 6. The van der Waals surface area contributed by atoms with Crippen LogP contribution < -0.4 is 10.1 Å². The Labute approximate surface area is 149 Å². The van der Waals surface area contributed by atoms with Crippen LogP contribution in [0.5, 0.6) is 5.75 Å². The number of carbonyl (C=O) groups excluding carboxylic acids is 1. The second-order valence-corrected chi connectivity index (χ2v) is 7.69. The Morgan fingerprint density at radius 1 is 1.32 bits per heavy atom. The maximum absolute atomic E-state index is 12.5. The average Bonchev–Trinajstić information content (AvgIpc) is 3.25. The van der Waals surface area contributed by atoms with Gasteiger partial charge in [-0.15, -0.1) is 0 Å². The maximum Gasteiger partial charge on any atom is 0.221 e. The fraction of sp³-hybridized carbons (Fsp3) is 0.650. The highest BCUT2D eigenvalue weighted by Crippen LogP contribution is 2.39. The molecule has 5 nitrogen and oxygen atoms in total. The number of hydrogen-bond donors (Lipinski definition) is 2. The minimum atomic E-state index is -0.216. The minimum Gasteiger partial charge on any atom is -0.493 e. The highest BCUT2D eigenvalue weighted by atomic mass is 16.5. The van der Waals surface area contributed by atoms with Gasteiger partial charge in [0.2, 0.25) is 5.91 Å². The average molecular weight is 344 g/mol. The monoisotopic (exact) mass is 344 g/mol. The number of amides is 1. The van der Waals surface area contributed by atoms with E-state index in [9.17, 15) is 9.90 Å². The third-order valence-electron chi connectivity index (χ3n) is 5.86. The summed E-state index contributed by atoms with van der Waals surface area (Å²) in [5.74, 6) is 1.41. The van der Waals surface area contributed by atoms with Crippen LogP contribution >= 0.6 is 0 Å². The normalized spacial score (nSPS) is 26.6. The molecule has 2 heterocycles. The Morgan fingerprint density at radius 2 is 2.12 bits per heavy atom. The first-order valence-corrected chi connectivity index (χ1v) is 9.64. The first kappa shape index (κ1) is 16.9. The lowest BCUT2D eigenvalue weighted by Crippen LogP contribution is -2.42. The summed E-state index contributed by atoms with van der Waals surface area (Å²) < 4.78 is 5.59. The maximum atomic E-state index is 12.5. The lowest BCUT2D eigenvalue weighted by molar-refractivity contribution is -0.123. The van der Waals surface area contributed by atoms with Crippen molar-refractivity contribution < 1.29 is 14.6 Å². The van der Waals surface area contributed by atoms with E-state index in [1.165, 1.54) is 18.4 Å². The van der Waals surface area contributed by atoms with Crippen LogP contribution in [0.25, 0.3) is 0 Å². The van der Waals surface area contributed by atoms with Gasteiger partial charge >= 0.3 is 0 Å². The summed E-state index contributed by atoms with van der Waals surface area (Å²) in [5.41, 5.74) is 2.38. The second kappa shape index (κ2) is 7.34. The number of likely N-dealkylation sites (tertiary alicyclic amines) is 1. The molecule has 2 aliphatic heterocycles. The summed E-state index contributed by atoms with van der Waals surface area (Å²) in [7, 11) is 0. The molecule has 136 valence electrons. The lowest BCUT2D eigenvalue weighted by atomic mass is 9.75. The van der Waals surface area contributed by atoms with Crippen molar-refractivity contribution >= 4 is 5.91 Å². The van der Waals surface area contributed by atoms with E-state index in [4.69, 9.17) is 4.74 Å². The molecule has 0 aromatic heterocycles. The van der Waals surface area contributed by atoms with Gasteiger partial charge in [-0.05, 0) is 68.0 Å². The number of nitrogens with zero attached hydrogens (tertiary/aromatic N) is 1. The van der Waals surface area contributed by atoms with E-state index in [0.29, 0.717) is 12.3 Å². The molecule has 1 atom stereocenters. The second-order valence-electron chi connectivity index (χ2n) is 7.69. The van der Waals surface area contributed by atoms with Gasteiger partial charge in [0.25, 0.3) is 0 Å². The van der Waals surface area contributed by atoms with Crippen LogP contribution in [0.3, 0.4) is 0 Å². The van der Waals surface area contributed by atoms with Crippen LogP contribution in [0.2, 0.25) is 0 Å². The molecule has 1 amide bonds. The largest absolute Gasteiger partial charge is 0.493 e. The highest BCUT2D eigenvalue weighted by Gasteiger charge is 2.36. The van der Waals surface area contributed by atoms with E-state index in [1.807, 2.05) is 6.07 Å². The zero-order valence-corrected chi connectivity index (χ0v) is 14.7. The third kappa shape index (κ3) is 3.82. The van der Waals surface area contributed by atoms with Crippen molar-refractivity contribution in [1.82, 2.24) is 10.2 Å². The molecule has 1 saturated carbocycles. The zero-order valence-electron chi connectivity index (χ0n) is 14.7. The molecule has 3 aliphatic rings. The molecule has 0 unspecified atom stereocenters. The van der Waals surface area contributed by atoms with Gasteiger partial charge in [-0.1, -0.05) is 6.07 Å². The van der Waals surface area contributed by atoms with E-state index in [0.717, 1.165) is 56.8 Å². The van der Waals surface area contributed by atoms with Gasteiger partial charge in [-0.2, -0.15) is 0 Å². The summed E-state index contributed by atoms with van der Waals surface area (Å²) >= 11 is 0. The Hall–Kier alpha value is -1.59. The summed E-state index contributed by atoms with van der Waals surface area (Å²) in [6.45, 7) is 3.84. The molecular formula is C20H28N2O3.